The summed E-state index contributed by atoms with van der Waals surface area (Å²) in [6.07, 6.45) is 0.511. The van der Waals surface area contributed by atoms with Crippen molar-refractivity contribution in [2.45, 2.75) is 38.3 Å². The molecule has 29 heavy (non-hydrogen) atoms. The zero-order valence-electron chi connectivity index (χ0n) is 16.0. The fourth-order valence-electron chi connectivity index (χ4n) is 1.51. The van der Waals surface area contributed by atoms with Crippen LogP contribution >= 0.6 is 0 Å². The summed E-state index contributed by atoms with van der Waals surface area (Å²) in [5.74, 6) is -0.448. The molecular weight excluding hydrogens is 443 g/mol. The summed E-state index contributed by atoms with van der Waals surface area (Å²) < 4.78 is 93.2. The van der Waals surface area contributed by atoms with Crippen LogP contribution in [0.4, 0.5) is 18.0 Å². The molecule has 0 fully saturated rings. The molecule has 1 rings (SSSR count). The Morgan fingerprint density at radius 3 is 1.90 bits per heavy atom. The van der Waals surface area contributed by atoms with Crippen LogP contribution in [-0.4, -0.2) is 51.4 Å². The second kappa shape index (κ2) is 10.1. The molecule has 0 aromatic heterocycles. The van der Waals surface area contributed by atoms with Crippen LogP contribution in [0.3, 0.4) is 0 Å². The highest BCUT2D eigenvalue weighted by Gasteiger charge is 2.48. The normalized spacial score (nSPS) is 12.4. The molecule has 0 aliphatic rings. The van der Waals surface area contributed by atoms with Gasteiger partial charge in [-0.2, -0.15) is 30.0 Å². The van der Waals surface area contributed by atoms with Crippen molar-refractivity contribution in [3.8, 4) is 5.75 Å². The summed E-state index contributed by atoms with van der Waals surface area (Å²) in [5, 5.41) is 2.52. The van der Waals surface area contributed by atoms with E-state index in [1.54, 1.807) is 20.8 Å². The van der Waals surface area contributed by atoms with E-state index in [2.05, 4.69) is 9.50 Å². The van der Waals surface area contributed by atoms with Crippen molar-refractivity contribution in [3.63, 3.8) is 0 Å². The van der Waals surface area contributed by atoms with Gasteiger partial charge in [0, 0.05) is 6.54 Å². The Labute approximate surface area is 167 Å². The van der Waals surface area contributed by atoms with E-state index in [0.717, 1.165) is 12.1 Å². The highest BCUT2D eigenvalue weighted by atomic mass is 32.2. The first-order chi connectivity index (χ1) is 12.8. The van der Waals surface area contributed by atoms with Gasteiger partial charge in [-0.3, -0.25) is 4.55 Å². The number of amides is 1. The van der Waals surface area contributed by atoms with Crippen LogP contribution in [0.25, 0.3) is 0 Å². The van der Waals surface area contributed by atoms with Crippen LogP contribution in [0.2, 0.25) is 0 Å². The van der Waals surface area contributed by atoms with Gasteiger partial charge in [0.15, 0.2) is 0 Å². The van der Waals surface area contributed by atoms with Crippen LogP contribution in [0.15, 0.2) is 24.3 Å². The van der Waals surface area contributed by atoms with E-state index < -0.39 is 43.2 Å². The molecule has 0 heterocycles. The third-order valence-electron chi connectivity index (χ3n) is 2.49. The van der Waals surface area contributed by atoms with Crippen molar-refractivity contribution in [2.75, 3.05) is 12.8 Å². The topological polar surface area (TPSA) is 136 Å². The van der Waals surface area contributed by atoms with Crippen LogP contribution in [0.1, 0.15) is 26.3 Å². The smallest absolute Gasteiger partial charge is 0.444 e. The molecule has 0 radical (unpaired) electrons. The largest absolute Gasteiger partial charge is 0.534 e. The van der Waals surface area contributed by atoms with Crippen LogP contribution < -0.4 is 9.50 Å². The van der Waals surface area contributed by atoms with E-state index >= 15 is 0 Å². The van der Waals surface area contributed by atoms with Crippen LogP contribution in [0.5, 0.6) is 5.75 Å². The standard InChI is InChI=1S/C14H18F3NO5S.CH4O3S/c1-13(2,3)22-12(19)18-9-8-10-4-6-11(7-5-10)23-24(20,21)14(15,16)17;1-5(2,3)4/h4-7H,8-9H2,1-3H3,(H,18,19);1H3,(H,2,3,4). The lowest BCUT2D eigenvalue weighted by atomic mass is 10.1. The van der Waals surface area contributed by atoms with Crippen molar-refractivity contribution >= 4 is 26.3 Å². The first-order valence-corrected chi connectivity index (χ1v) is 11.0. The lowest BCUT2D eigenvalue weighted by molar-refractivity contribution is -0.0500. The fourth-order valence-corrected chi connectivity index (χ4v) is 1.97. The molecular formula is C15H22F3NO8S2. The number of rotatable bonds is 5. The third kappa shape index (κ3) is 13.7. The molecule has 0 aliphatic heterocycles. The average Bonchev–Trinajstić information content (AvgIpc) is 2.44. The van der Waals surface area contributed by atoms with Crippen molar-refractivity contribution in [3.05, 3.63) is 29.8 Å². The lowest BCUT2D eigenvalue weighted by Gasteiger charge is -2.19. The number of alkyl carbamates (subject to hydrolysis) is 1. The van der Waals surface area contributed by atoms with E-state index in [-0.39, 0.29) is 6.54 Å². The molecule has 0 unspecified atom stereocenters. The predicted molar refractivity (Wildman–Crippen MR) is 97.5 cm³/mol. The number of nitrogens with one attached hydrogen (secondary N) is 1. The SMILES string of the molecule is CC(C)(C)OC(=O)NCCc1ccc(OS(=O)(=O)C(F)(F)F)cc1.CS(=O)(=O)O. The molecule has 0 saturated carbocycles. The Balaban J connectivity index is 0.00000139. The van der Waals surface area contributed by atoms with Gasteiger partial charge in [-0.15, -0.1) is 0 Å². The van der Waals surface area contributed by atoms with Gasteiger partial charge in [0.05, 0.1) is 6.26 Å². The maximum Gasteiger partial charge on any atom is 0.534 e. The number of halogens is 3. The number of benzene rings is 1. The zero-order valence-corrected chi connectivity index (χ0v) is 17.6. The van der Waals surface area contributed by atoms with Gasteiger partial charge in [0.2, 0.25) is 0 Å². The number of ether oxygens (including phenoxy) is 1. The molecule has 0 bridgehead atoms. The number of hydrogen-bond donors (Lipinski definition) is 2. The third-order valence-corrected chi connectivity index (χ3v) is 3.47. The van der Waals surface area contributed by atoms with Crippen molar-refractivity contribution in [1.29, 1.82) is 0 Å². The lowest BCUT2D eigenvalue weighted by Crippen LogP contribution is -2.33. The van der Waals surface area contributed by atoms with E-state index in [4.69, 9.17) is 9.29 Å². The van der Waals surface area contributed by atoms with Crippen LogP contribution in [-0.2, 0) is 31.4 Å². The van der Waals surface area contributed by atoms with Gasteiger partial charge in [-0.1, -0.05) is 12.1 Å². The predicted octanol–water partition coefficient (Wildman–Crippen LogP) is 2.49. The summed E-state index contributed by atoms with van der Waals surface area (Å²) in [7, 11) is -9.35. The Morgan fingerprint density at radius 1 is 1.07 bits per heavy atom. The average molecular weight is 465 g/mol. The summed E-state index contributed by atoms with van der Waals surface area (Å²) in [6, 6.07) is 5.01. The molecule has 1 aromatic carbocycles. The molecule has 9 nitrogen and oxygen atoms in total. The minimum atomic E-state index is -5.68. The molecule has 0 saturated heterocycles. The van der Waals surface area contributed by atoms with Gasteiger partial charge in [-0.25, -0.2) is 4.79 Å². The van der Waals surface area contributed by atoms with E-state index in [9.17, 15) is 34.8 Å². The van der Waals surface area contributed by atoms with Gasteiger partial charge in [0.1, 0.15) is 11.4 Å². The van der Waals surface area contributed by atoms with Crippen molar-refractivity contribution in [2.24, 2.45) is 0 Å². The number of carbonyl (C=O) groups is 1. The zero-order chi connectivity index (χ0) is 23.1. The summed E-state index contributed by atoms with van der Waals surface area (Å²) in [6.45, 7) is 5.41. The minimum absolute atomic E-state index is 0.246. The monoisotopic (exact) mass is 465 g/mol. The molecule has 168 valence electrons. The van der Waals surface area contributed by atoms with Crippen molar-refractivity contribution in [1.82, 2.24) is 5.32 Å². The van der Waals surface area contributed by atoms with Crippen LogP contribution in [0, 0.1) is 0 Å². The molecule has 0 atom stereocenters. The highest BCUT2D eigenvalue weighted by Crippen LogP contribution is 2.26. The molecule has 1 aromatic rings. The molecule has 1 amide bonds. The van der Waals surface area contributed by atoms with Gasteiger partial charge in [-0.05, 0) is 44.9 Å². The fraction of sp³-hybridized carbons (Fsp3) is 0.533. The molecule has 0 aliphatic carbocycles. The van der Waals surface area contributed by atoms with Gasteiger partial charge < -0.3 is 14.2 Å². The van der Waals surface area contributed by atoms with E-state index in [1.165, 1.54) is 12.1 Å². The summed E-state index contributed by atoms with van der Waals surface area (Å²) in [4.78, 5) is 11.4. The second-order valence-corrected chi connectivity index (χ2v) is 9.54. The molecule has 2 N–H and O–H groups in total. The Kier molecular flexibility index (Phi) is 9.40. The maximum absolute atomic E-state index is 12.2. The van der Waals surface area contributed by atoms with E-state index in [0.29, 0.717) is 18.2 Å². The summed E-state index contributed by atoms with van der Waals surface area (Å²) in [5.41, 5.74) is -5.43. The van der Waals surface area contributed by atoms with Crippen molar-refractivity contribution < 1.29 is 48.3 Å². The first-order valence-electron chi connectivity index (χ1n) is 7.79. The van der Waals surface area contributed by atoms with Gasteiger partial charge >= 0.3 is 21.7 Å². The Hall–Kier alpha value is -2.06. The molecule has 14 heteroatoms. The highest BCUT2D eigenvalue weighted by molar-refractivity contribution is 7.88. The second-order valence-electron chi connectivity index (χ2n) is 6.54. The minimum Gasteiger partial charge on any atom is -0.444 e. The quantitative estimate of drug-likeness (QED) is 0.385. The number of carbonyl (C=O) groups excluding carboxylic acids is 1. The van der Waals surface area contributed by atoms with Gasteiger partial charge in [0.25, 0.3) is 10.1 Å². The Morgan fingerprint density at radius 2 is 1.52 bits per heavy atom. The number of alkyl halides is 3. The number of hydrogen-bond acceptors (Lipinski definition) is 7. The Bertz CT molecular complexity index is 866. The first kappa shape index (κ1) is 26.9. The van der Waals surface area contributed by atoms with E-state index in [1.807, 2.05) is 0 Å². The summed E-state index contributed by atoms with van der Waals surface area (Å²) >= 11 is 0. The maximum atomic E-state index is 12.2. The molecule has 0 spiro atoms.